The Balaban J connectivity index is 2.20. The summed E-state index contributed by atoms with van der Waals surface area (Å²) in [5.74, 6) is -1.61. The maximum atomic E-state index is 12.3. The third kappa shape index (κ3) is 4.09. The van der Waals surface area contributed by atoms with Crippen LogP contribution < -0.4 is 11.1 Å². The number of hydrogen-bond donors (Lipinski definition) is 2. The molecule has 0 saturated carbocycles. The fraction of sp³-hybridized carbons (Fsp3) is 0.438. The maximum Gasteiger partial charge on any atom is 0.337 e. The van der Waals surface area contributed by atoms with E-state index in [1.54, 1.807) is 0 Å². The smallest absolute Gasteiger partial charge is 0.337 e. The molecule has 1 aromatic carbocycles. The minimum Gasteiger partial charge on any atom is -0.465 e. The Morgan fingerprint density at radius 3 is 2.17 bits per heavy atom. The van der Waals surface area contributed by atoms with E-state index in [1.807, 2.05) is 0 Å². The molecule has 130 valence electrons. The number of methoxy groups -OCH3 is 2. The van der Waals surface area contributed by atoms with Gasteiger partial charge < -0.3 is 25.3 Å². The van der Waals surface area contributed by atoms with Crippen LogP contribution in [0.2, 0.25) is 0 Å². The molecule has 0 unspecified atom stereocenters. The molecule has 1 aromatic rings. The topological polar surface area (TPSA) is 117 Å². The number of nitrogens with two attached hydrogens (primary N) is 1. The molecule has 2 rings (SSSR count). The van der Waals surface area contributed by atoms with E-state index in [0.717, 1.165) is 0 Å². The van der Waals surface area contributed by atoms with E-state index in [-0.39, 0.29) is 28.8 Å². The zero-order valence-corrected chi connectivity index (χ0v) is 13.5. The number of hydrogen-bond acceptors (Lipinski definition) is 7. The first kappa shape index (κ1) is 17.9. The lowest BCUT2D eigenvalue weighted by molar-refractivity contribution is -0.126. The van der Waals surface area contributed by atoms with Crippen LogP contribution in [0.15, 0.2) is 18.2 Å². The van der Waals surface area contributed by atoms with Crippen molar-refractivity contribution < 1.29 is 28.6 Å². The summed E-state index contributed by atoms with van der Waals surface area (Å²) in [6, 6.07) is 4.18. The van der Waals surface area contributed by atoms with Gasteiger partial charge in [0.2, 0.25) is 0 Å². The number of rotatable bonds is 5. The average molecular weight is 336 g/mol. The predicted octanol–water partition coefficient (Wildman–Crippen LogP) is 0.705. The molecule has 3 N–H and O–H groups in total. The van der Waals surface area contributed by atoms with Crippen LogP contribution in [0.3, 0.4) is 0 Å². The van der Waals surface area contributed by atoms with Crippen molar-refractivity contribution in [1.29, 1.82) is 0 Å². The molecule has 2 atom stereocenters. The Kier molecular flexibility index (Phi) is 5.88. The summed E-state index contributed by atoms with van der Waals surface area (Å²) in [6.45, 7) is 0.355. The van der Waals surface area contributed by atoms with Gasteiger partial charge in [-0.05, 0) is 31.0 Å². The van der Waals surface area contributed by atoms with E-state index >= 15 is 0 Å². The molecule has 1 aliphatic rings. The Bertz CT molecular complexity index is 611. The molecule has 0 bridgehead atoms. The molecule has 0 aromatic heterocycles. The van der Waals surface area contributed by atoms with Gasteiger partial charge >= 0.3 is 11.9 Å². The highest BCUT2D eigenvalue weighted by atomic mass is 16.5. The van der Waals surface area contributed by atoms with Gasteiger partial charge in [-0.2, -0.15) is 0 Å². The summed E-state index contributed by atoms with van der Waals surface area (Å²) >= 11 is 0. The van der Waals surface area contributed by atoms with Crippen LogP contribution in [-0.4, -0.2) is 50.8 Å². The van der Waals surface area contributed by atoms with Crippen molar-refractivity contribution in [3.8, 4) is 0 Å². The van der Waals surface area contributed by atoms with Crippen LogP contribution in [0.1, 0.15) is 33.6 Å². The van der Waals surface area contributed by atoms with E-state index in [4.69, 9.17) is 10.5 Å². The van der Waals surface area contributed by atoms with Crippen LogP contribution in [0.4, 0.5) is 5.69 Å². The first-order valence-electron chi connectivity index (χ1n) is 7.46. The molecule has 8 nitrogen and oxygen atoms in total. The van der Waals surface area contributed by atoms with Crippen LogP contribution >= 0.6 is 0 Å². The van der Waals surface area contributed by atoms with Gasteiger partial charge in [-0.1, -0.05) is 0 Å². The zero-order chi connectivity index (χ0) is 17.7. The predicted molar refractivity (Wildman–Crippen MR) is 84.7 cm³/mol. The summed E-state index contributed by atoms with van der Waals surface area (Å²) in [5.41, 5.74) is 6.06. The van der Waals surface area contributed by atoms with E-state index in [0.29, 0.717) is 19.4 Å². The monoisotopic (exact) mass is 336 g/mol. The number of anilines is 1. The Morgan fingerprint density at radius 2 is 1.71 bits per heavy atom. The normalized spacial score (nSPS) is 19.6. The molecule has 1 fully saturated rings. The Hall–Kier alpha value is -2.45. The average Bonchev–Trinajstić information content (AvgIpc) is 3.09. The number of benzene rings is 1. The third-order valence-corrected chi connectivity index (χ3v) is 3.71. The van der Waals surface area contributed by atoms with Gasteiger partial charge in [-0.15, -0.1) is 0 Å². The lowest BCUT2D eigenvalue weighted by Crippen LogP contribution is -2.30. The Morgan fingerprint density at radius 1 is 1.12 bits per heavy atom. The fourth-order valence-electron chi connectivity index (χ4n) is 2.47. The quantitative estimate of drug-likeness (QED) is 0.760. The number of amides is 1. The second kappa shape index (κ2) is 7.89. The van der Waals surface area contributed by atoms with Crippen molar-refractivity contribution in [3.05, 3.63) is 29.3 Å². The van der Waals surface area contributed by atoms with Gasteiger partial charge in [0.05, 0.1) is 31.5 Å². The minimum atomic E-state index is -0.628. The lowest BCUT2D eigenvalue weighted by Gasteiger charge is -2.14. The molecular formula is C16H20N2O6. The Labute approximate surface area is 139 Å². The molecule has 0 aliphatic carbocycles. The van der Waals surface area contributed by atoms with Gasteiger partial charge in [-0.3, -0.25) is 4.79 Å². The minimum absolute atomic E-state index is 0.128. The molecule has 0 spiro atoms. The molecule has 1 heterocycles. The summed E-state index contributed by atoms with van der Waals surface area (Å²) in [4.78, 5) is 35.7. The van der Waals surface area contributed by atoms with Gasteiger partial charge in [0.1, 0.15) is 6.10 Å². The zero-order valence-electron chi connectivity index (χ0n) is 13.5. The van der Waals surface area contributed by atoms with Crippen LogP contribution in [0.25, 0.3) is 0 Å². The van der Waals surface area contributed by atoms with Gasteiger partial charge in [0.15, 0.2) is 0 Å². The van der Waals surface area contributed by atoms with Crippen molar-refractivity contribution in [2.45, 2.75) is 25.0 Å². The van der Waals surface area contributed by atoms with Crippen LogP contribution in [0.5, 0.6) is 0 Å². The van der Waals surface area contributed by atoms with E-state index in [2.05, 4.69) is 14.8 Å². The molecule has 1 aliphatic heterocycles. The van der Waals surface area contributed by atoms with E-state index in [9.17, 15) is 14.4 Å². The number of ether oxygens (including phenoxy) is 3. The summed E-state index contributed by atoms with van der Waals surface area (Å²) in [5, 5.41) is 2.65. The van der Waals surface area contributed by atoms with Gasteiger partial charge in [-0.25, -0.2) is 9.59 Å². The van der Waals surface area contributed by atoms with Gasteiger partial charge in [0.25, 0.3) is 5.91 Å². The second-order valence-electron chi connectivity index (χ2n) is 5.33. The highest BCUT2D eigenvalue weighted by molar-refractivity contribution is 6.00. The molecule has 8 heteroatoms. The standard InChI is InChI=1S/C16H20N2O6/c1-22-15(20)9-5-10(16(21)23-2)7-11(6-9)18-14(19)13-4-3-12(8-17)24-13/h5-7,12-13H,3-4,8,17H2,1-2H3,(H,18,19)/t12-,13+/m1/s1. The molecule has 1 saturated heterocycles. The highest BCUT2D eigenvalue weighted by Crippen LogP contribution is 2.22. The molecule has 1 amide bonds. The van der Waals surface area contributed by atoms with Crippen molar-refractivity contribution in [3.63, 3.8) is 0 Å². The van der Waals surface area contributed by atoms with E-state index < -0.39 is 18.0 Å². The summed E-state index contributed by atoms with van der Waals surface area (Å²) in [6.07, 6.45) is 0.535. The second-order valence-corrected chi connectivity index (χ2v) is 5.33. The molecular weight excluding hydrogens is 316 g/mol. The summed E-state index contributed by atoms with van der Waals surface area (Å²) < 4.78 is 14.8. The lowest BCUT2D eigenvalue weighted by atomic mass is 10.1. The SMILES string of the molecule is COC(=O)c1cc(NC(=O)[C@@H]2CC[C@H](CN)O2)cc(C(=O)OC)c1. The first-order valence-corrected chi connectivity index (χ1v) is 7.46. The third-order valence-electron chi connectivity index (χ3n) is 3.71. The number of esters is 2. The van der Waals surface area contributed by atoms with E-state index in [1.165, 1.54) is 32.4 Å². The fourth-order valence-corrected chi connectivity index (χ4v) is 2.47. The number of carbonyl (C=O) groups is 3. The molecule has 0 radical (unpaired) electrons. The van der Waals surface area contributed by atoms with Crippen molar-refractivity contribution in [2.75, 3.05) is 26.1 Å². The molecule has 24 heavy (non-hydrogen) atoms. The first-order chi connectivity index (χ1) is 11.5. The highest BCUT2D eigenvalue weighted by Gasteiger charge is 2.30. The van der Waals surface area contributed by atoms with Gasteiger partial charge in [0, 0.05) is 12.2 Å². The van der Waals surface area contributed by atoms with Crippen molar-refractivity contribution >= 4 is 23.5 Å². The van der Waals surface area contributed by atoms with Crippen LogP contribution in [-0.2, 0) is 19.0 Å². The summed E-state index contributed by atoms with van der Waals surface area (Å²) in [7, 11) is 2.45. The van der Waals surface area contributed by atoms with Crippen LogP contribution in [0, 0.1) is 0 Å². The number of nitrogens with one attached hydrogen (secondary N) is 1. The largest absolute Gasteiger partial charge is 0.465 e. The van der Waals surface area contributed by atoms with Crippen molar-refractivity contribution in [2.24, 2.45) is 5.73 Å². The number of carbonyl (C=O) groups excluding carboxylic acids is 3. The maximum absolute atomic E-state index is 12.3. The van der Waals surface area contributed by atoms with Crippen molar-refractivity contribution in [1.82, 2.24) is 0 Å².